The summed E-state index contributed by atoms with van der Waals surface area (Å²) in [4.78, 5) is 2.85. The van der Waals surface area contributed by atoms with Gasteiger partial charge in [-0.25, -0.2) is 4.21 Å². The number of benzene rings is 2. The molecule has 1 atom stereocenters. The number of unbranched alkanes of at least 4 members (excludes halogenated alkanes) is 2. The van der Waals surface area contributed by atoms with Crippen LogP contribution < -0.4 is 9.64 Å². The van der Waals surface area contributed by atoms with Crippen LogP contribution in [0.1, 0.15) is 38.2 Å². The number of hydrogen-bond acceptors (Lipinski definition) is 3. The zero-order valence-corrected chi connectivity index (χ0v) is 17.0. The number of allylic oxidation sites excluding steroid dienone is 1. The number of nitrogens with zero attached hydrogens (tertiary/aromatic N) is 1. The van der Waals surface area contributed by atoms with Crippen LogP contribution in [0.3, 0.4) is 0 Å². The van der Waals surface area contributed by atoms with E-state index in [4.69, 9.17) is 4.74 Å². The van der Waals surface area contributed by atoms with Gasteiger partial charge in [0.1, 0.15) is 5.75 Å². The van der Waals surface area contributed by atoms with E-state index in [-0.39, 0.29) is 0 Å². The van der Waals surface area contributed by atoms with E-state index in [1.54, 1.807) is 7.11 Å². The van der Waals surface area contributed by atoms with Crippen LogP contribution in [0.15, 0.2) is 58.8 Å². The van der Waals surface area contributed by atoms with E-state index in [9.17, 15) is 4.21 Å². The van der Waals surface area contributed by atoms with Crippen molar-refractivity contribution < 1.29 is 8.95 Å². The Balaban J connectivity index is 2.35. The summed E-state index contributed by atoms with van der Waals surface area (Å²) in [6, 6.07) is 15.9. The Morgan fingerprint density at radius 3 is 2.38 bits per heavy atom. The van der Waals surface area contributed by atoms with Crippen molar-refractivity contribution >= 4 is 22.1 Å². The maximum absolute atomic E-state index is 13.1. The van der Waals surface area contributed by atoms with Crippen molar-refractivity contribution in [2.45, 2.75) is 37.5 Å². The molecule has 0 aliphatic rings. The summed E-state index contributed by atoms with van der Waals surface area (Å²) in [5, 5.41) is 1.92. The molecule has 0 spiro atoms. The highest BCUT2D eigenvalue weighted by Gasteiger charge is 2.11. The van der Waals surface area contributed by atoms with Gasteiger partial charge in [0.2, 0.25) is 0 Å². The third kappa shape index (κ3) is 5.46. The number of para-hydroxylation sites is 1. The van der Waals surface area contributed by atoms with Gasteiger partial charge in [-0.1, -0.05) is 44.0 Å². The predicted molar refractivity (Wildman–Crippen MR) is 112 cm³/mol. The van der Waals surface area contributed by atoms with Gasteiger partial charge < -0.3 is 9.64 Å². The summed E-state index contributed by atoms with van der Waals surface area (Å²) >= 11 is 0. The van der Waals surface area contributed by atoms with Crippen molar-refractivity contribution in [2.24, 2.45) is 0 Å². The molecular formula is C22H29NO2S. The highest BCUT2D eigenvalue weighted by atomic mass is 32.2. The standard InChI is InChI=1S/C22H29NO2S/c1-5-6-7-10-19(18-13-15-20(25-4)16-14-18)17-26(24)22-12-9-8-11-21(22)23(2)3/h8-9,11-17H,5-7,10H2,1-4H3/b19-17+. The number of anilines is 1. The molecule has 0 aromatic heterocycles. The van der Waals surface area contributed by atoms with Gasteiger partial charge in [0.05, 0.1) is 28.5 Å². The molecule has 0 amide bonds. The Hall–Kier alpha value is -2.07. The fraction of sp³-hybridized carbons (Fsp3) is 0.364. The second kappa shape index (κ2) is 10.2. The Morgan fingerprint density at radius 1 is 1.08 bits per heavy atom. The monoisotopic (exact) mass is 371 g/mol. The first-order valence-corrected chi connectivity index (χ1v) is 10.3. The minimum Gasteiger partial charge on any atom is -0.497 e. The average Bonchev–Trinajstić information content (AvgIpc) is 2.67. The van der Waals surface area contributed by atoms with Crippen molar-refractivity contribution in [1.29, 1.82) is 0 Å². The molecule has 2 rings (SSSR count). The van der Waals surface area contributed by atoms with Crippen molar-refractivity contribution in [3.05, 3.63) is 59.5 Å². The molecule has 0 saturated carbocycles. The van der Waals surface area contributed by atoms with E-state index in [2.05, 4.69) is 6.92 Å². The molecule has 0 saturated heterocycles. The molecule has 2 aromatic carbocycles. The van der Waals surface area contributed by atoms with Gasteiger partial charge >= 0.3 is 0 Å². The fourth-order valence-electron chi connectivity index (χ4n) is 2.83. The molecule has 0 N–H and O–H groups in total. The van der Waals surface area contributed by atoms with Crippen LogP contribution in [0.2, 0.25) is 0 Å². The van der Waals surface area contributed by atoms with Crippen molar-refractivity contribution in [1.82, 2.24) is 0 Å². The summed E-state index contributed by atoms with van der Waals surface area (Å²) in [5.74, 6) is 0.834. The van der Waals surface area contributed by atoms with E-state index in [0.29, 0.717) is 0 Å². The maximum Gasteiger partial charge on any atom is 0.118 e. The van der Waals surface area contributed by atoms with Crippen molar-refractivity contribution in [3.8, 4) is 5.75 Å². The van der Waals surface area contributed by atoms with E-state index in [0.717, 1.165) is 40.3 Å². The largest absolute Gasteiger partial charge is 0.497 e. The van der Waals surface area contributed by atoms with Gasteiger partial charge in [-0.15, -0.1) is 0 Å². The highest BCUT2D eigenvalue weighted by Crippen LogP contribution is 2.28. The topological polar surface area (TPSA) is 29.5 Å². The maximum atomic E-state index is 13.1. The zero-order valence-electron chi connectivity index (χ0n) is 16.2. The smallest absolute Gasteiger partial charge is 0.118 e. The summed E-state index contributed by atoms with van der Waals surface area (Å²) in [5.41, 5.74) is 3.23. The van der Waals surface area contributed by atoms with Gasteiger partial charge in [-0.3, -0.25) is 0 Å². The lowest BCUT2D eigenvalue weighted by Gasteiger charge is -2.16. The first-order chi connectivity index (χ1) is 12.6. The minimum atomic E-state index is -1.19. The molecule has 0 heterocycles. The van der Waals surface area contributed by atoms with E-state index in [1.165, 1.54) is 12.8 Å². The molecule has 140 valence electrons. The van der Waals surface area contributed by atoms with Crippen LogP contribution >= 0.6 is 0 Å². The SMILES string of the molecule is CCCCC/C(=C\S(=O)c1ccccc1N(C)C)c1ccc(OC)cc1. The first-order valence-electron chi connectivity index (χ1n) is 9.08. The Morgan fingerprint density at radius 2 is 1.77 bits per heavy atom. The zero-order chi connectivity index (χ0) is 18.9. The van der Waals surface area contributed by atoms with Crippen LogP contribution in [0.5, 0.6) is 5.75 Å². The quantitative estimate of drug-likeness (QED) is 0.546. The molecule has 0 radical (unpaired) electrons. The van der Waals surface area contributed by atoms with E-state index < -0.39 is 10.8 Å². The van der Waals surface area contributed by atoms with Crippen LogP contribution in [-0.2, 0) is 10.8 Å². The molecule has 0 aliphatic heterocycles. The van der Waals surface area contributed by atoms with Gasteiger partial charge in [0.15, 0.2) is 0 Å². The summed E-state index contributed by atoms with van der Waals surface area (Å²) in [6.45, 7) is 2.20. The number of hydrogen-bond donors (Lipinski definition) is 0. The Kier molecular flexibility index (Phi) is 7.92. The third-order valence-corrected chi connectivity index (χ3v) is 5.60. The molecule has 1 unspecified atom stereocenters. The molecular weight excluding hydrogens is 342 g/mol. The second-order valence-electron chi connectivity index (χ2n) is 6.49. The average molecular weight is 372 g/mol. The fourth-order valence-corrected chi connectivity index (χ4v) is 4.14. The Bertz CT molecular complexity index is 751. The van der Waals surface area contributed by atoms with Crippen LogP contribution in [0.25, 0.3) is 5.57 Å². The van der Waals surface area contributed by atoms with Gasteiger partial charge in [-0.2, -0.15) is 0 Å². The van der Waals surface area contributed by atoms with E-state index >= 15 is 0 Å². The van der Waals surface area contributed by atoms with Crippen molar-refractivity contribution in [2.75, 3.05) is 26.1 Å². The predicted octanol–water partition coefficient (Wildman–Crippen LogP) is 5.49. The minimum absolute atomic E-state index is 0.834. The molecule has 3 nitrogen and oxygen atoms in total. The van der Waals surface area contributed by atoms with Crippen LogP contribution in [0, 0.1) is 0 Å². The van der Waals surface area contributed by atoms with Gasteiger partial charge in [0, 0.05) is 19.5 Å². The number of rotatable bonds is 9. The van der Waals surface area contributed by atoms with Gasteiger partial charge in [0.25, 0.3) is 0 Å². The van der Waals surface area contributed by atoms with Crippen LogP contribution in [0.4, 0.5) is 5.69 Å². The summed E-state index contributed by atoms with van der Waals surface area (Å²) in [6.07, 6.45) is 4.37. The lowest BCUT2D eigenvalue weighted by Crippen LogP contribution is -2.11. The lowest BCUT2D eigenvalue weighted by atomic mass is 10.0. The normalized spacial score (nSPS) is 12.7. The van der Waals surface area contributed by atoms with Gasteiger partial charge in [-0.05, 0) is 48.2 Å². The van der Waals surface area contributed by atoms with Crippen LogP contribution in [-0.4, -0.2) is 25.4 Å². The molecule has 26 heavy (non-hydrogen) atoms. The first kappa shape index (κ1) is 20.2. The Labute approximate surface area is 160 Å². The number of ether oxygens (including phenoxy) is 1. The number of methoxy groups -OCH3 is 1. The molecule has 0 fully saturated rings. The molecule has 4 heteroatoms. The molecule has 2 aromatic rings. The second-order valence-corrected chi connectivity index (χ2v) is 7.76. The molecule has 0 aliphatic carbocycles. The van der Waals surface area contributed by atoms with Crippen molar-refractivity contribution in [3.63, 3.8) is 0 Å². The lowest BCUT2D eigenvalue weighted by molar-refractivity contribution is 0.415. The molecule has 0 bridgehead atoms. The third-order valence-electron chi connectivity index (χ3n) is 4.32. The highest BCUT2D eigenvalue weighted by molar-refractivity contribution is 7.88. The van der Waals surface area contributed by atoms with E-state index in [1.807, 2.05) is 72.9 Å². The summed E-state index contributed by atoms with van der Waals surface area (Å²) < 4.78 is 18.3. The summed E-state index contributed by atoms with van der Waals surface area (Å²) in [7, 11) is 4.43.